The zero-order valence-corrected chi connectivity index (χ0v) is 15.1. The smallest absolute Gasteiger partial charge is 0.417 e. The quantitative estimate of drug-likeness (QED) is 0.766. The van der Waals surface area contributed by atoms with E-state index >= 15 is 0 Å². The lowest BCUT2D eigenvalue weighted by molar-refractivity contribution is -0.240. The average Bonchev–Trinajstić information content (AvgIpc) is 2.65. The first-order chi connectivity index (χ1) is 12.7. The molecular formula is C19H19F3N2O3. The SMILES string of the molecule is COC(=O)C1(C(F)(F)F)Cc2ccc(-c3ccccc3OC)nc2CN1C. The van der Waals surface area contributed by atoms with E-state index in [0.717, 1.165) is 17.6 Å². The summed E-state index contributed by atoms with van der Waals surface area (Å²) >= 11 is 0. The summed E-state index contributed by atoms with van der Waals surface area (Å²) < 4.78 is 51.3. The van der Waals surface area contributed by atoms with Crippen LogP contribution in [0.5, 0.6) is 5.75 Å². The van der Waals surface area contributed by atoms with Crippen LogP contribution in [-0.4, -0.2) is 48.8 Å². The monoisotopic (exact) mass is 380 g/mol. The first-order valence-electron chi connectivity index (χ1n) is 8.23. The van der Waals surface area contributed by atoms with Crippen LogP contribution in [0.2, 0.25) is 0 Å². The van der Waals surface area contributed by atoms with E-state index in [4.69, 9.17) is 4.74 Å². The molecule has 8 heteroatoms. The highest BCUT2D eigenvalue weighted by molar-refractivity contribution is 5.83. The molecule has 0 radical (unpaired) electrons. The van der Waals surface area contributed by atoms with Gasteiger partial charge in [0.1, 0.15) is 5.75 Å². The number of ether oxygens (including phenoxy) is 2. The van der Waals surface area contributed by atoms with Crippen molar-refractivity contribution in [3.63, 3.8) is 0 Å². The van der Waals surface area contributed by atoms with E-state index in [9.17, 15) is 18.0 Å². The summed E-state index contributed by atoms with van der Waals surface area (Å²) in [7, 11) is 3.76. The lowest BCUT2D eigenvalue weighted by Crippen LogP contribution is -2.66. The first-order valence-corrected chi connectivity index (χ1v) is 8.23. The predicted molar refractivity (Wildman–Crippen MR) is 92.2 cm³/mol. The number of nitrogens with zero attached hydrogens (tertiary/aromatic N) is 2. The van der Waals surface area contributed by atoms with Crippen molar-refractivity contribution in [2.45, 2.75) is 24.7 Å². The number of benzene rings is 1. The van der Waals surface area contributed by atoms with E-state index in [2.05, 4.69) is 9.72 Å². The van der Waals surface area contributed by atoms with Crippen molar-refractivity contribution in [3.05, 3.63) is 47.7 Å². The summed E-state index contributed by atoms with van der Waals surface area (Å²) in [6, 6.07) is 10.5. The predicted octanol–water partition coefficient (Wildman–Crippen LogP) is 3.22. The van der Waals surface area contributed by atoms with Crippen LogP contribution < -0.4 is 4.74 Å². The minimum Gasteiger partial charge on any atom is -0.496 e. The van der Waals surface area contributed by atoms with Crippen molar-refractivity contribution in [1.29, 1.82) is 0 Å². The third-order valence-electron chi connectivity index (χ3n) is 4.93. The Morgan fingerprint density at radius 2 is 1.89 bits per heavy atom. The number of para-hydroxylation sites is 1. The number of rotatable bonds is 3. The number of methoxy groups -OCH3 is 2. The molecule has 1 aliphatic rings. The maximum absolute atomic E-state index is 13.8. The zero-order chi connectivity index (χ0) is 19.8. The van der Waals surface area contributed by atoms with Crippen LogP contribution in [0.25, 0.3) is 11.3 Å². The summed E-state index contributed by atoms with van der Waals surface area (Å²) in [5, 5.41) is 0. The van der Waals surface area contributed by atoms with Gasteiger partial charge >= 0.3 is 12.1 Å². The highest BCUT2D eigenvalue weighted by atomic mass is 19.4. The molecular weight excluding hydrogens is 361 g/mol. The van der Waals surface area contributed by atoms with Gasteiger partial charge in [-0.1, -0.05) is 18.2 Å². The Hall–Kier alpha value is -2.61. The molecule has 27 heavy (non-hydrogen) atoms. The van der Waals surface area contributed by atoms with Crippen LogP contribution in [0.1, 0.15) is 11.3 Å². The minimum absolute atomic E-state index is 0.132. The molecule has 1 aromatic heterocycles. The number of likely N-dealkylation sites (N-methyl/N-ethyl adjacent to an activating group) is 1. The molecule has 2 heterocycles. The van der Waals surface area contributed by atoms with Gasteiger partial charge in [-0.3, -0.25) is 9.88 Å². The van der Waals surface area contributed by atoms with Gasteiger partial charge in [0.05, 0.1) is 25.6 Å². The maximum atomic E-state index is 13.8. The number of esters is 1. The topological polar surface area (TPSA) is 51.7 Å². The lowest BCUT2D eigenvalue weighted by Gasteiger charge is -2.43. The molecule has 0 fully saturated rings. The summed E-state index contributed by atoms with van der Waals surface area (Å²) in [6.45, 7) is -0.132. The Labute approximate surface area is 154 Å². The molecule has 0 N–H and O–H groups in total. The Bertz CT molecular complexity index is 870. The van der Waals surface area contributed by atoms with Gasteiger partial charge in [0.25, 0.3) is 0 Å². The van der Waals surface area contributed by atoms with Crippen molar-refractivity contribution in [2.24, 2.45) is 0 Å². The zero-order valence-electron chi connectivity index (χ0n) is 15.1. The van der Waals surface area contributed by atoms with Gasteiger partial charge in [-0.2, -0.15) is 13.2 Å². The maximum Gasteiger partial charge on any atom is 0.417 e. The highest BCUT2D eigenvalue weighted by Gasteiger charge is 2.65. The van der Waals surface area contributed by atoms with Crippen molar-refractivity contribution in [1.82, 2.24) is 9.88 Å². The van der Waals surface area contributed by atoms with Gasteiger partial charge < -0.3 is 9.47 Å². The molecule has 1 unspecified atom stereocenters. The number of halogens is 3. The molecule has 1 aliphatic heterocycles. The second-order valence-corrected chi connectivity index (χ2v) is 6.39. The van der Waals surface area contributed by atoms with E-state index in [1.165, 1.54) is 7.05 Å². The number of carbonyl (C=O) groups is 1. The Balaban J connectivity index is 2.07. The molecule has 1 aromatic carbocycles. The molecule has 0 amide bonds. The fraction of sp³-hybridized carbons (Fsp3) is 0.368. The van der Waals surface area contributed by atoms with Crippen molar-refractivity contribution in [2.75, 3.05) is 21.3 Å². The first kappa shape index (κ1) is 19.2. The number of carbonyl (C=O) groups excluding carboxylic acids is 1. The molecule has 0 bridgehead atoms. The molecule has 0 aliphatic carbocycles. The van der Waals surface area contributed by atoms with E-state index in [-0.39, 0.29) is 6.54 Å². The van der Waals surface area contributed by atoms with E-state index < -0.39 is 24.1 Å². The molecule has 2 aromatic rings. The number of aromatic nitrogens is 1. The molecule has 0 saturated carbocycles. The minimum atomic E-state index is -4.78. The van der Waals surface area contributed by atoms with Crippen molar-refractivity contribution < 1.29 is 27.4 Å². The van der Waals surface area contributed by atoms with Gasteiger partial charge in [-0.15, -0.1) is 0 Å². The fourth-order valence-corrected chi connectivity index (χ4v) is 3.43. The standard InChI is InChI=1S/C19H19F3N2O3/c1-24-11-15-12(10-18(24,17(25)27-3)19(20,21)22)8-9-14(23-15)13-6-4-5-7-16(13)26-2/h4-9H,10-11H2,1-3H3. The largest absolute Gasteiger partial charge is 0.496 e. The van der Waals surface area contributed by atoms with Crippen LogP contribution >= 0.6 is 0 Å². The molecule has 1 atom stereocenters. The van der Waals surface area contributed by atoms with E-state index in [1.807, 2.05) is 18.2 Å². The molecule has 0 saturated heterocycles. The van der Waals surface area contributed by atoms with E-state index in [1.54, 1.807) is 25.3 Å². The van der Waals surface area contributed by atoms with E-state index in [0.29, 0.717) is 22.7 Å². The Kier molecular flexibility index (Phi) is 4.86. The summed E-state index contributed by atoms with van der Waals surface area (Å²) in [6.07, 6.45) is -5.33. The lowest BCUT2D eigenvalue weighted by atomic mass is 9.83. The number of pyridine rings is 1. The van der Waals surface area contributed by atoms with Gasteiger partial charge in [-0.05, 0) is 30.8 Å². The van der Waals surface area contributed by atoms with Crippen molar-refractivity contribution in [3.8, 4) is 17.0 Å². The summed E-state index contributed by atoms with van der Waals surface area (Å²) in [5.74, 6) is -0.703. The second-order valence-electron chi connectivity index (χ2n) is 6.39. The number of hydrogen-bond acceptors (Lipinski definition) is 5. The van der Waals surface area contributed by atoms with Gasteiger partial charge in [0.15, 0.2) is 0 Å². The van der Waals surface area contributed by atoms with Crippen molar-refractivity contribution >= 4 is 5.97 Å². The number of fused-ring (bicyclic) bond motifs is 1. The summed E-state index contributed by atoms with van der Waals surface area (Å²) in [4.78, 5) is 17.6. The Morgan fingerprint density at radius 1 is 1.19 bits per heavy atom. The van der Waals surface area contributed by atoms with Gasteiger partial charge in [0, 0.05) is 18.5 Å². The van der Waals surface area contributed by atoms with Crippen LogP contribution in [-0.2, 0) is 22.5 Å². The van der Waals surface area contributed by atoms with Crippen LogP contribution in [0, 0.1) is 0 Å². The van der Waals surface area contributed by atoms with Gasteiger partial charge in [0.2, 0.25) is 5.54 Å². The molecule has 5 nitrogen and oxygen atoms in total. The number of alkyl halides is 3. The third kappa shape index (κ3) is 3.03. The third-order valence-corrected chi connectivity index (χ3v) is 4.93. The molecule has 144 valence electrons. The van der Waals surface area contributed by atoms with Gasteiger partial charge in [-0.25, -0.2) is 4.79 Å². The summed E-state index contributed by atoms with van der Waals surface area (Å²) in [5.41, 5.74) is -0.523. The molecule has 3 rings (SSSR count). The normalized spacial score (nSPS) is 20.1. The Morgan fingerprint density at radius 3 is 2.52 bits per heavy atom. The average molecular weight is 380 g/mol. The number of hydrogen-bond donors (Lipinski definition) is 0. The molecule has 0 spiro atoms. The van der Waals surface area contributed by atoms with Crippen LogP contribution in [0.3, 0.4) is 0 Å². The van der Waals surface area contributed by atoms with Crippen LogP contribution in [0.4, 0.5) is 13.2 Å². The second kappa shape index (κ2) is 6.84. The fourth-order valence-electron chi connectivity index (χ4n) is 3.43. The van der Waals surface area contributed by atoms with Crippen LogP contribution in [0.15, 0.2) is 36.4 Å². The highest BCUT2D eigenvalue weighted by Crippen LogP contribution is 2.43.